The molecule has 0 saturated heterocycles. The first kappa shape index (κ1) is 20.9. The molecule has 1 aliphatic heterocycles. The first-order chi connectivity index (χ1) is 15.0. The number of thiophene rings is 1. The third-order valence-corrected chi connectivity index (χ3v) is 6.29. The number of hydrogen-bond acceptors (Lipinski definition) is 5. The van der Waals surface area contributed by atoms with Crippen molar-refractivity contribution >= 4 is 28.8 Å². The summed E-state index contributed by atoms with van der Waals surface area (Å²) in [4.78, 5) is 24.8. The van der Waals surface area contributed by atoms with Gasteiger partial charge in [0.2, 0.25) is 5.91 Å². The number of aryl methyl sites for hydroxylation is 1. The van der Waals surface area contributed by atoms with Gasteiger partial charge in [-0.15, -0.1) is 11.3 Å². The topological polar surface area (TPSA) is 90.7 Å². The molecule has 0 spiro atoms. The fourth-order valence-electron chi connectivity index (χ4n) is 3.72. The summed E-state index contributed by atoms with van der Waals surface area (Å²) in [5, 5.41) is 5.17. The van der Waals surface area contributed by atoms with E-state index in [-0.39, 0.29) is 18.4 Å². The summed E-state index contributed by atoms with van der Waals surface area (Å²) in [7, 11) is 0. The highest BCUT2D eigenvalue weighted by atomic mass is 32.1. The molecule has 0 fully saturated rings. The van der Waals surface area contributed by atoms with Gasteiger partial charge in [-0.2, -0.15) is 0 Å². The van der Waals surface area contributed by atoms with Gasteiger partial charge in [0, 0.05) is 28.2 Å². The van der Waals surface area contributed by atoms with Crippen LogP contribution in [0.15, 0.2) is 47.8 Å². The van der Waals surface area contributed by atoms with Gasteiger partial charge in [-0.25, -0.2) is 0 Å². The first-order valence-electron chi connectivity index (χ1n) is 10.1. The van der Waals surface area contributed by atoms with Gasteiger partial charge in [0.25, 0.3) is 5.91 Å². The Morgan fingerprint density at radius 2 is 1.94 bits per heavy atom. The number of fused-ring (bicyclic) bond motifs is 1. The molecule has 2 heterocycles. The molecule has 0 aliphatic carbocycles. The number of anilines is 1. The highest BCUT2D eigenvalue weighted by Gasteiger charge is 2.31. The van der Waals surface area contributed by atoms with Crippen molar-refractivity contribution in [3.8, 4) is 22.6 Å². The maximum Gasteiger partial charge on any atom is 0.255 e. The number of carbonyl (C=O) groups excluding carboxylic acids is 2. The van der Waals surface area contributed by atoms with Gasteiger partial charge in [0.15, 0.2) is 18.1 Å². The summed E-state index contributed by atoms with van der Waals surface area (Å²) >= 11 is 1.65. The summed E-state index contributed by atoms with van der Waals surface area (Å²) in [6.07, 6.45) is 0.355. The zero-order valence-electron chi connectivity index (χ0n) is 17.4. The molecule has 1 aromatic heterocycles. The highest BCUT2D eigenvalue weighted by Crippen LogP contribution is 2.47. The van der Waals surface area contributed by atoms with Gasteiger partial charge in [-0.3, -0.25) is 9.59 Å². The molecule has 6 nitrogen and oxygen atoms in total. The second kappa shape index (κ2) is 8.81. The molecule has 1 aliphatic rings. The molecule has 31 heavy (non-hydrogen) atoms. The molecule has 1 unspecified atom stereocenters. The molecule has 0 bridgehead atoms. The summed E-state index contributed by atoms with van der Waals surface area (Å²) < 4.78 is 11.2. The van der Waals surface area contributed by atoms with E-state index in [9.17, 15) is 9.59 Å². The van der Waals surface area contributed by atoms with E-state index in [2.05, 4.69) is 41.9 Å². The van der Waals surface area contributed by atoms with Crippen molar-refractivity contribution in [1.29, 1.82) is 0 Å². The fourth-order valence-corrected chi connectivity index (χ4v) is 4.88. The zero-order valence-corrected chi connectivity index (χ0v) is 18.3. The van der Waals surface area contributed by atoms with Gasteiger partial charge in [0.1, 0.15) is 0 Å². The maximum absolute atomic E-state index is 12.6. The minimum Gasteiger partial charge on any atom is -0.490 e. The lowest BCUT2D eigenvalue weighted by Gasteiger charge is -2.25. The van der Waals surface area contributed by atoms with E-state index in [1.807, 2.05) is 19.1 Å². The molecule has 2 aromatic carbocycles. The van der Waals surface area contributed by atoms with Crippen LogP contribution in [-0.2, 0) is 9.59 Å². The predicted molar refractivity (Wildman–Crippen MR) is 122 cm³/mol. The number of benzene rings is 2. The molecule has 1 atom stereocenters. The Bertz CT molecular complexity index is 1120. The Kier molecular flexibility index (Phi) is 5.95. The van der Waals surface area contributed by atoms with Crippen LogP contribution in [-0.4, -0.2) is 25.0 Å². The second-order valence-electron chi connectivity index (χ2n) is 7.45. The van der Waals surface area contributed by atoms with E-state index in [4.69, 9.17) is 15.2 Å². The summed E-state index contributed by atoms with van der Waals surface area (Å²) in [6, 6.07) is 13.9. The number of carbonyl (C=O) groups is 2. The molecule has 0 saturated carbocycles. The minimum atomic E-state index is -0.553. The smallest absolute Gasteiger partial charge is 0.255 e. The van der Waals surface area contributed by atoms with E-state index in [0.29, 0.717) is 24.5 Å². The van der Waals surface area contributed by atoms with Crippen LogP contribution in [0.4, 0.5) is 5.69 Å². The van der Waals surface area contributed by atoms with Crippen LogP contribution in [0, 0.1) is 6.92 Å². The van der Waals surface area contributed by atoms with Crippen molar-refractivity contribution in [2.45, 2.75) is 26.2 Å². The van der Waals surface area contributed by atoms with Crippen LogP contribution < -0.4 is 20.5 Å². The summed E-state index contributed by atoms with van der Waals surface area (Å²) in [5.74, 6) is 0.330. The first-order valence-corrected chi connectivity index (χ1v) is 11.0. The standard InChI is InChI=1S/C24H24N2O4S/c1-3-29-20-10-16(8-9-19(20)30-12-21(25)27)17-11-22(28)26-23-18(13-31-24(17)23)15-6-4-14(2)5-7-15/h4-10,13,17H,3,11-12H2,1-2H3,(H2,25,27)(H,26,28). The van der Waals surface area contributed by atoms with E-state index < -0.39 is 5.91 Å². The van der Waals surface area contributed by atoms with E-state index in [1.54, 1.807) is 17.4 Å². The average molecular weight is 437 g/mol. The van der Waals surface area contributed by atoms with Gasteiger partial charge in [-0.05, 0) is 37.1 Å². The minimum absolute atomic E-state index is 0.0173. The van der Waals surface area contributed by atoms with Crippen molar-refractivity contribution in [3.05, 3.63) is 63.8 Å². The number of hydrogen-bond donors (Lipinski definition) is 2. The number of amides is 2. The maximum atomic E-state index is 12.6. The fraction of sp³-hybridized carbons (Fsp3) is 0.250. The lowest BCUT2D eigenvalue weighted by Crippen LogP contribution is -2.22. The Morgan fingerprint density at radius 1 is 1.16 bits per heavy atom. The number of ether oxygens (including phenoxy) is 2. The third kappa shape index (κ3) is 4.41. The quantitative estimate of drug-likeness (QED) is 0.572. The molecule has 0 radical (unpaired) electrons. The van der Waals surface area contributed by atoms with Crippen LogP contribution >= 0.6 is 11.3 Å². The molecule has 3 aromatic rings. The van der Waals surface area contributed by atoms with E-state index in [1.165, 1.54) is 5.56 Å². The molecule has 3 N–H and O–H groups in total. The van der Waals surface area contributed by atoms with E-state index >= 15 is 0 Å². The van der Waals surface area contributed by atoms with Crippen LogP contribution in [0.2, 0.25) is 0 Å². The molecular weight excluding hydrogens is 412 g/mol. The van der Waals surface area contributed by atoms with Gasteiger partial charge in [0.05, 0.1) is 12.3 Å². The monoisotopic (exact) mass is 436 g/mol. The number of nitrogens with two attached hydrogens (primary N) is 1. The van der Waals surface area contributed by atoms with Crippen molar-refractivity contribution < 1.29 is 19.1 Å². The second-order valence-corrected chi connectivity index (χ2v) is 8.36. The normalized spacial score (nSPS) is 15.2. The van der Waals surface area contributed by atoms with E-state index in [0.717, 1.165) is 27.3 Å². The SMILES string of the molecule is CCOc1cc(C2CC(=O)Nc3c(-c4ccc(C)cc4)csc32)ccc1OCC(N)=O. The number of rotatable bonds is 7. The van der Waals surface area contributed by atoms with Crippen LogP contribution in [0.5, 0.6) is 11.5 Å². The summed E-state index contributed by atoms with van der Waals surface area (Å²) in [5.41, 5.74) is 10.3. The number of primary amides is 1. The Balaban J connectivity index is 1.71. The van der Waals surface area contributed by atoms with Gasteiger partial charge >= 0.3 is 0 Å². The van der Waals surface area contributed by atoms with Crippen molar-refractivity contribution in [1.82, 2.24) is 0 Å². The molecule has 4 rings (SSSR count). The molecule has 160 valence electrons. The zero-order chi connectivity index (χ0) is 22.0. The van der Waals surface area contributed by atoms with Gasteiger partial charge < -0.3 is 20.5 Å². The van der Waals surface area contributed by atoms with Crippen LogP contribution in [0.25, 0.3) is 11.1 Å². The lowest BCUT2D eigenvalue weighted by molar-refractivity contribution is -0.120. The molecule has 2 amide bonds. The van der Waals surface area contributed by atoms with Crippen molar-refractivity contribution in [2.75, 3.05) is 18.5 Å². The Morgan fingerprint density at radius 3 is 2.65 bits per heavy atom. The Hall–Kier alpha value is -3.32. The van der Waals surface area contributed by atoms with Crippen LogP contribution in [0.3, 0.4) is 0 Å². The van der Waals surface area contributed by atoms with Gasteiger partial charge in [-0.1, -0.05) is 35.9 Å². The highest BCUT2D eigenvalue weighted by molar-refractivity contribution is 7.11. The van der Waals surface area contributed by atoms with Crippen molar-refractivity contribution in [2.24, 2.45) is 5.73 Å². The number of nitrogens with one attached hydrogen (secondary N) is 1. The Labute approximate surface area is 185 Å². The summed E-state index contributed by atoms with van der Waals surface area (Å²) in [6.45, 7) is 4.16. The van der Waals surface area contributed by atoms with Crippen LogP contribution in [0.1, 0.15) is 35.3 Å². The molecule has 7 heteroatoms. The van der Waals surface area contributed by atoms with Crippen molar-refractivity contribution in [3.63, 3.8) is 0 Å². The third-order valence-electron chi connectivity index (χ3n) is 5.19. The predicted octanol–water partition coefficient (Wildman–Crippen LogP) is 4.46. The lowest BCUT2D eigenvalue weighted by atomic mass is 9.89. The molecular formula is C24H24N2O4S. The average Bonchev–Trinajstić information content (AvgIpc) is 3.16. The largest absolute Gasteiger partial charge is 0.490 e.